The van der Waals surface area contributed by atoms with Gasteiger partial charge in [0, 0.05) is 5.38 Å². The lowest BCUT2D eigenvalue weighted by molar-refractivity contribution is 0.0638. The molecule has 3 unspecified atom stereocenters. The van der Waals surface area contributed by atoms with Crippen molar-refractivity contribution in [3.05, 3.63) is 54.6 Å². The summed E-state index contributed by atoms with van der Waals surface area (Å²) in [6.45, 7) is 6.17. The van der Waals surface area contributed by atoms with Gasteiger partial charge < -0.3 is 47.4 Å². The highest BCUT2D eigenvalue weighted by Crippen LogP contribution is 2.61. The van der Waals surface area contributed by atoms with Crippen LogP contribution in [-0.4, -0.2) is 83.3 Å². The molecule has 10 heterocycles. The Bertz CT molecular complexity index is 1510. The SMILES string of the molecule is C1COC2=C(CSC2c2sc(C3SCC4=C3OCCO4)c3c2OCCO3)O1.c1sc(C2SCC3=C2OCCO3)c2c1OCCO2. The van der Waals surface area contributed by atoms with E-state index in [0.717, 1.165) is 84.6 Å². The minimum atomic E-state index is 0.109. The van der Waals surface area contributed by atoms with E-state index in [0.29, 0.717) is 66.1 Å². The van der Waals surface area contributed by atoms with Crippen LogP contribution in [0.25, 0.3) is 0 Å². The topological polar surface area (TPSA) is 92.3 Å². The molecule has 3 atom stereocenters. The molecule has 8 aliphatic rings. The van der Waals surface area contributed by atoms with Crippen LogP contribution in [0.4, 0.5) is 0 Å². The summed E-state index contributed by atoms with van der Waals surface area (Å²) in [7, 11) is 0. The summed E-state index contributed by atoms with van der Waals surface area (Å²) < 4.78 is 58.4. The van der Waals surface area contributed by atoms with Crippen LogP contribution in [0.1, 0.15) is 30.4 Å². The number of hydrogen-bond acceptors (Lipinski definition) is 15. The van der Waals surface area contributed by atoms with Crippen LogP contribution in [0.3, 0.4) is 0 Å². The number of rotatable bonds is 3. The van der Waals surface area contributed by atoms with Crippen molar-refractivity contribution in [1.82, 2.24) is 0 Å². The predicted octanol–water partition coefficient (Wildman–Crippen LogP) is 6.18. The molecule has 0 bridgehead atoms. The number of hydrogen-bond donors (Lipinski definition) is 0. The zero-order chi connectivity index (χ0) is 29.7. The highest BCUT2D eigenvalue weighted by atomic mass is 32.2. The van der Waals surface area contributed by atoms with E-state index < -0.39 is 0 Å². The van der Waals surface area contributed by atoms with E-state index in [1.54, 1.807) is 22.7 Å². The molecule has 10 nitrogen and oxygen atoms in total. The first kappa shape index (κ1) is 28.9. The summed E-state index contributed by atoms with van der Waals surface area (Å²) in [6.07, 6.45) is 0. The normalized spacial score (nSPS) is 27.4. The average molecular weight is 711 g/mol. The van der Waals surface area contributed by atoms with Crippen molar-refractivity contribution in [1.29, 1.82) is 0 Å². The van der Waals surface area contributed by atoms with Crippen LogP contribution >= 0.6 is 58.0 Å². The third-order valence-corrected chi connectivity index (χ3v) is 14.4. The highest BCUT2D eigenvalue weighted by molar-refractivity contribution is 8.00. The minimum absolute atomic E-state index is 0.109. The van der Waals surface area contributed by atoms with Gasteiger partial charge in [-0.15, -0.1) is 58.0 Å². The fourth-order valence-electron chi connectivity index (χ4n) is 6.10. The highest BCUT2D eigenvalue weighted by Gasteiger charge is 2.43. The lowest BCUT2D eigenvalue weighted by atomic mass is 10.2. The molecular weight excluding hydrogens is 681 g/mol. The van der Waals surface area contributed by atoms with Crippen molar-refractivity contribution in [2.24, 2.45) is 0 Å². The van der Waals surface area contributed by atoms with Crippen LogP contribution < -0.4 is 18.9 Å². The monoisotopic (exact) mass is 710 g/mol. The molecule has 2 aromatic rings. The summed E-state index contributed by atoms with van der Waals surface area (Å²) in [5.74, 6) is 11.9. The first-order valence-corrected chi connectivity index (χ1v) is 19.8. The Labute approximate surface area is 280 Å². The smallest absolute Gasteiger partial charge is 0.177 e. The van der Waals surface area contributed by atoms with Crippen molar-refractivity contribution in [2.75, 3.05) is 83.3 Å². The second kappa shape index (κ2) is 12.4. The van der Waals surface area contributed by atoms with Crippen molar-refractivity contribution >= 4 is 58.0 Å². The molecule has 0 saturated heterocycles. The Balaban J connectivity index is 0.000000135. The maximum absolute atomic E-state index is 6.08. The van der Waals surface area contributed by atoms with Gasteiger partial charge in [0.1, 0.15) is 99.1 Å². The number of ether oxygens (including phenoxy) is 10. The second-order valence-corrected chi connectivity index (χ2v) is 16.0. The molecule has 15 heteroatoms. The van der Waals surface area contributed by atoms with Gasteiger partial charge in [-0.2, -0.15) is 0 Å². The van der Waals surface area contributed by atoms with Crippen LogP contribution in [0.15, 0.2) is 39.9 Å². The molecular formula is C30H30O10S5. The van der Waals surface area contributed by atoms with E-state index in [1.807, 2.05) is 40.7 Å². The molecule has 2 aromatic heterocycles. The summed E-state index contributed by atoms with van der Waals surface area (Å²) in [6, 6.07) is 0. The zero-order valence-electron chi connectivity index (χ0n) is 24.1. The van der Waals surface area contributed by atoms with Gasteiger partial charge in [0.15, 0.2) is 40.3 Å². The summed E-state index contributed by atoms with van der Waals surface area (Å²) in [5.41, 5.74) is 0. The van der Waals surface area contributed by atoms with Crippen molar-refractivity contribution < 1.29 is 47.4 Å². The molecule has 8 aliphatic heterocycles. The van der Waals surface area contributed by atoms with Gasteiger partial charge in [-0.1, -0.05) is 0 Å². The predicted molar refractivity (Wildman–Crippen MR) is 173 cm³/mol. The molecule has 0 amide bonds. The van der Waals surface area contributed by atoms with Gasteiger partial charge in [0.2, 0.25) is 0 Å². The molecule has 0 fully saturated rings. The van der Waals surface area contributed by atoms with Gasteiger partial charge in [0.25, 0.3) is 0 Å². The first-order chi connectivity index (χ1) is 22.3. The van der Waals surface area contributed by atoms with Gasteiger partial charge in [-0.05, 0) is 0 Å². The first-order valence-electron chi connectivity index (χ1n) is 14.9. The Kier molecular flexibility index (Phi) is 7.93. The van der Waals surface area contributed by atoms with E-state index in [1.165, 1.54) is 4.88 Å². The lowest BCUT2D eigenvalue weighted by Crippen LogP contribution is -2.17. The van der Waals surface area contributed by atoms with Crippen LogP contribution in [-0.2, 0) is 28.4 Å². The molecule has 0 spiro atoms. The Morgan fingerprint density at radius 2 is 0.822 bits per heavy atom. The number of thiophene rings is 2. The van der Waals surface area contributed by atoms with Crippen LogP contribution in [0.2, 0.25) is 0 Å². The Hall–Kier alpha value is -2.33. The molecule has 0 aliphatic carbocycles. The maximum atomic E-state index is 6.08. The largest absolute Gasteiger partial charge is 0.490 e. The third kappa shape index (κ3) is 5.17. The van der Waals surface area contributed by atoms with Gasteiger partial charge in [-0.25, -0.2) is 0 Å². The standard InChI is InChI=1S/C18H18O6S3.C12H12O4S2/c1-3-21-11-9(19-1)7-25-15(11)17-13-14(24-6-5-23-13)18(27-17)16-12-10(8-26-16)20-2-4-22-12;1-3-15-9-7(13-1)5-17-11(9)12-10-8(6-18-12)14-2-4-16-10/h15-16H,1-8H2;5,12H,1-4,6H2. The van der Waals surface area contributed by atoms with Crippen molar-refractivity contribution in [2.45, 2.75) is 15.7 Å². The summed E-state index contributed by atoms with van der Waals surface area (Å²) in [4.78, 5) is 3.50. The molecule has 240 valence electrons. The average Bonchev–Trinajstić information content (AvgIpc) is 3.93. The fourth-order valence-corrected chi connectivity index (χ4v) is 12.7. The Morgan fingerprint density at radius 3 is 1.33 bits per heavy atom. The zero-order valence-corrected chi connectivity index (χ0v) is 28.2. The van der Waals surface area contributed by atoms with Crippen molar-refractivity contribution in [3.63, 3.8) is 0 Å². The quantitative estimate of drug-likeness (QED) is 0.364. The maximum Gasteiger partial charge on any atom is 0.177 e. The third-order valence-electron chi connectivity index (χ3n) is 8.03. The molecule has 0 radical (unpaired) electrons. The minimum Gasteiger partial charge on any atom is -0.490 e. The van der Waals surface area contributed by atoms with Gasteiger partial charge in [-0.3, -0.25) is 0 Å². The van der Waals surface area contributed by atoms with E-state index in [2.05, 4.69) is 0 Å². The Morgan fingerprint density at radius 1 is 0.422 bits per heavy atom. The molecule has 0 saturated carbocycles. The van der Waals surface area contributed by atoms with Crippen molar-refractivity contribution in [3.8, 4) is 23.0 Å². The van der Waals surface area contributed by atoms with Crippen LogP contribution in [0, 0.1) is 0 Å². The number of fused-ring (bicyclic) bond motifs is 2. The fraction of sp³-hybridized carbons (Fsp3) is 0.533. The molecule has 45 heavy (non-hydrogen) atoms. The van der Waals surface area contributed by atoms with E-state index in [9.17, 15) is 0 Å². The number of thioether (sulfide) groups is 3. The van der Waals surface area contributed by atoms with Crippen LogP contribution in [0.5, 0.6) is 23.0 Å². The molecule has 0 N–H and O–H groups in total. The van der Waals surface area contributed by atoms with Gasteiger partial charge >= 0.3 is 0 Å². The summed E-state index contributed by atoms with van der Waals surface area (Å²) >= 11 is 8.91. The van der Waals surface area contributed by atoms with E-state index in [-0.39, 0.29) is 15.7 Å². The van der Waals surface area contributed by atoms with Gasteiger partial charge in [0.05, 0.1) is 31.9 Å². The lowest BCUT2D eigenvalue weighted by Gasteiger charge is -2.22. The van der Waals surface area contributed by atoms with E-state index in [4.69, 9.17) is 47.4 Å². The van der Waals surface area contributed by atoms with E-state index >= 15 is 0 Å². The molecule has 0 aromatic carbocycles. The second-order valence-electron chi connectivity index (χ2n) is 10.7. The summed E-state index contributed by atoms with van der Waals surface area (Å²) in [5, 5.41) is 2.44. The molecule has 10 rings (SSSR count).